The Balaban J connectivity index is 2.80. The van der Waals surface area contributed by atoms with Crippen LogP contribution in [0.2, 0.25) is 0 Å². The van der Waals surface area contributed by atoms with Crippen molar-refractivity contribution in [2.75, 3.05) is 6.61 Å². The number of alkyl halides is 6. The zero-order valence-corrected chi connectivity index (χ0v) is 10.4. The van der Waals surface area contributed by atoms with Crippen LogP contribution in [0.15, 0.2) is 18.2 Å². The van der Waals surface area contributed by atoms with Gasteiger partial charge in [0.2, 0.25) is 0 Å². The smallest absolute Gasteiger partial charge is 0.417 e. The second-order valence-electron chi connectivity index (χ2n) is 4.08. The molecule has 0 aliphatic carbocycles. The molecular formula is C12H10F6O3. The molecule has 3 nitrogen and oxygen atoms in total. The Morgan fingerprint density at radius 1 is 1.14 bits per heavy atom. The molecule has 0 saturated heterocycles. The van der Waals surface area contributed by atoms with Crippen LogP contribution in [0.3, 0.4) is 0 Å². The van der Waals surface area contributed by atoms with Gasteiger partial charge in [0, 0.05) is 6.42 Å². The molecule has 0 heterocycles. The van der Waals surface area contributed by atoms with E-state index < -0.39 is 48.9 Å². The molecule has 0 radical (unpaired) electrons. The van der Waals surface area contributed by atoms with Gasteiger partial charge in [-0.3, -0.25) is 0 Å². The van der Waals surface area contributed by atoms with Crippen LogP contribution in [0.1, 0.15) is 28.8 Å². The van der Waals surface area contributed by atoms with E-state index in [-0.39, 0.29) is 5.75 Å². The molecule has 0 aromatic heterocycles. The van der Waals surface area contributed by atoms with Crippen LogP contribution in [0.25, 0.3) is 0 Å². The summed E-state index contributed by atoms with van der Waals surface area (Å²) < 4.78 is 78.4. The maximum Gasteiger partial charge on any atom is 0.417 e. The van der Waals surface area contributed by atoms with E-state index in [1.165, 1.54) is 0 Å². The summed E-state index contributed by atoms with van der Waals surface area (Å²) in [6, 6.07) is 2.12. The highest BCUT2D eigenvalue weighted by Crippen LogP contribution is 2.34. The van der Waals surface area contributed by atoms with E-state index in [0.29, 0.717) is 12.1 Å². The van der Waals surface area contributed by atoms with Crippen molar-refractivity contribution < 1.29 is 41.0 Å². The Bertz CT molecular complexity index is 507. The van der Waals surface area contributed by atoms with Gasteiger partial charge in [-0.25, -0.2) is 4.79 Å². The maximum atomic E-state index is 12.7. The largest absolute Gasteiger partial charge is 0.494 e. The summed E-state index contributed by atoms with van der Waals surface area (Å²) >= 11 is 0. The van der Waals surface area contributed by atoms with E-state index in [4.69, 9.17) is 9.84 Å². The Morgan fingerprint density at radius 3 is 2.24 bits per heavy atom. The van der Waals surface area contributed by atoms with Gasteiger partial charge in [0.05, 0.1) is 17.7 Å². The number of rotatable bonds is 5. The second kappa shape index (κ2) is 6.23. The summed E-state index contributed by atoms with van der Waals surface area (Å²) in [7, 11) is 0. The lowest BCUT2D eigenvalue weighted by atomic mass is 10.1. The molecule has 1 aromatic carbocycles. The fourth-order valence-electron chi connectivity index (χ4n) is 1.50. The third kappa shape index (κ3) is 5.52. The summed E-state index contributed by atoms with van der Waals surface area (Å²) in [4.78, 5) is 10.7. The SMILES string of the molecule is O=C(O)c1ccc(OCCCC(F)(F)F)cc1C(F)(F)F. The third-order valence-corrected chi connectivity index (χ3v) is 2.40. The highest BCUT2D eigenvalue weighted by molar-refractivity contribution is 5.89. The van der Waals surface area contributed by atoms with Crippen molar-refractivity contribution in [1.82, 2.24) is 0 Å². The first-order chi connectivity index (χ1) is 9.50. The zero-order valence-electron chi connectivity index (χ0n) is 10.4. The minimum absolute atomic E-state index is 0.338. The van der Waals surface area contributed by atoms with Gasteiger partial charge < -0.3 is 9.84 Å². The third-order valence-electron chi connectivity index (χ3n) is 2.40. The monoisotopic (exact) mass is 316 g/mol. The molecule has 21 heavy (non-hydrogen) atoms. The topological polar surface area (TPSA) is 46.5 Å². The van der Waals surface area contributed by atoms with E-state index in [0.717, 1.165) is 6.07 Å². The number of halogens is 6. The molecule has 1 aromatic rings. The fourth-order valence-corrected chi connectivity index (χ4v) is 1.50. The van der Waals surface area contributed by atoms with Gasteiger partial charge >= 0.3 is 18.3 Å². The zero-order chi connectivity index (χ0) is 16.3. The molecule has 0 unspecified atom stereocenters. The van der Waals surface area contributed by atoms with Gasteiger partial charge in [-0.15, -0.1) is 0 Å². The number of hydrogen-bond acceptors (Lipinski definition) is 2. The van der Waals surface area contributed by atoms with E-state index in [1.807, 2.05) is 0 Å². The summed E-state index contributed by atoms with van der Waals surface area (Å²) in [6.07, 6.45) is -10.8. The summed E-state index contributed by atoms with van der Waals surface area (Å²) in [5, 5.41) is 8.66. The van der Waals surface area contributed by atoms with Gasteiger partial charge in [-0.2, -0.15) is 26.3 Å². The second-order valence-corrected chi connectivity index (χ2v) is 4.08. The van der Waals surface area contributed by atoms with Crippen molar-refractivity contribution in [1.29, 1.82) is 0 Å². The number of carboxylic acid groups (broad SMARTS) is 1. The van der Waals surface area contributed by atoms with Crippen LogP contribution in [-0.4, -0.2) is 23.9 Å². The molecule has 0 amide bonds. The van der Waals surface area contributed by atoms with Crippen LogP contribution in [0.4, 0.5) is 26.3 Å². The minimum Gasteiger partial charge on any atom is -0.494 e. The van der Waals surface area contributed by atoms with Crippen molar-refractivity contribution in [3.05, 3.63) is 29.3 Å². The highest BCUT2D eigenvalue weighted by atomic mass is 19.4. The fraction of sp³-hybridized carbons (Fsp3) is 0.417. The van der Waals surface area contributed by atoms with Crippen LogP contribution in [0.5, 0.6) is 5.75 Å². The lowest BCUT2D eigenvalue weighted by Gasteiger charge is -2.13. The molecule has 0 fully saturated rings. The normalized spacial score (nSPS) is 12.3. The molecule has 0 aliphatic heterocycles. The Kier molecular flexibility index (Phi) is 5.08. The van der Waals surface area contributed by atoms with Crippen molar-refractivity contribution in [2.24, 2.45) is 0 Å². The number of hydrogen-bond donors (Lipinski definition) is 1. The van der Waals surface area contributed by atoms with Gasteiger partial charge in [0.1, 0.15) is 5.75 Å². The Morgan fingerprint density at radius 2 is 1.76 bits per heavy atom. The average molecular weight is 316 g/mol. The van der Waals surface area contributed by atoms with Crippen LogP contribution < -0.4 is 4.74 Å². The lowest BCUT2D eigenvalue weighted by Crippen LogP contribution is -2.13. The predicted octanol–water partition coefficient (Wildman–Crippen LogP) is 4.12. The quantitative estimate of drug-likeness (QED) is 0.656. The molecule has 0 bridgehead atoms. The first kappa shape index (κ1) is 17.1. The molecular weight excluding hydrogens is 306 g/mol. The van der Waals surface area contributed by atoms with Crippen LogP contribution in [0, 0.1) is 0 Å². The first-order valence-corrected chi connectivity index (χ1v) is 5.65. The predicted molar refractivity (Wildman–Crippen MR) is 59.2 cm³/mol. The molecule has 0 aliphatic rings. The molecule has 0 atom stereocenters. The van der Waals surface area contributed by atoms with Crippen LogP contribution in [-0.2, 0) is 6.18 Å². The molecule has 0 saturated carbocycles. The number of carbonyl (C=O) groups is 1. The Hall–Kier alpha value is -1.93. The van der Waals surface area contributed by atoms with E-state index >= 15 is 0 Å². The van der Waals surface area contributed by atoms with Gasteiger partial charge in [-0.1, -0.05) is 0 Å². The van der Waals surface area contributed by atoms with E-state index in [9.17, 15) is 31.1 Å². The number of benzene rings is 1. The number of carboxylic acids is 1. The summed E-state index contributed by atoms with van der Waals surface area (Å²) in [5.74, 6) is -2.10. The molecule has 118 valence electrons. The van der Waals surface area contributed by atoms with Gasteiger partial charge in [-0.05, 0) is 24.6 Å². The highest BCUT2D eigenvalue weighted by Gasteiger charge is 2.35. The van der Waals surface area contributed by atoms with E-state index in [1.54, 1.807) is 0 Å². The molecule has 0 spiro atoms. The summed E-state index contributed by atoms with van der Waals surface area (Å²) in [6.45, 7) is -0.427. The van der Waals surface area contributed by atoms with Gasteiger partial charge in [0.15, 0.2) is 0 Å². The van der Waals surface area contributed by atoms with Crippen molar-refractivity contribution in [3.8, 4) is 5.75 Å². The van der Waals surface area contributed by atoms with Crippen molar-refractivity contribution in [3.63, 3.8) is 0 Å². The number of aromatic carboxylic acids is 1. The Labute approximate surface area is 115 Å². The van der Waals surface area contributed by atoms with E-state index in [2.05, 4.69) is 0 Å². The van der Waals surface area contributed by atoms with Crippen molar-refractivity contribution >= 4 is 5.97 Å². The van der Waals surface area contributed by atoms with Crippen molar-refractivity contribution in [2.45, 2.75) is 25.2 Å². The number of ether oxygens (including phenoxy) is 1. The molecule has 1 N–H and O–H groups in total. The van der Waals surface area contributed by atoms with Gasteiger partial charge in [0.25, 0.3) is 0 Å². The maximum absolute atomic E-state index is 12.7. The standard InChI is InChI=1S/C12H10F6O3/c13-11(14,15)4-1-5-21-7-2-3-8(10(19)20)9(6-7)12(16,17)18/h2-3,6H,1,4-5H2,(H,19,20). The summed E-state index contributed by atoms with van der Waals surface area (Å²) in [5.41, 5.74) is -2.37. The van der Waals surface area contributed by atoms with Crippen LogP contribution >= 0.6 is 0 Å². The average Bonchev–Trinajstić information content (AvgIpc) is 2.32. The first-order valence-electron chi connectivity index (χ1n) is 5.65. The lowest BCUT2D eigenvalue weighted by molar-refractivity contribution is -0.138. The minimum atomic E-state index is -4.90. The molecule has 1 rings (SSSR count). The molecule has 9 heteroatoms.